The van der Waals surface area contributed by atoms with Crippen LogP contribution >= 0.6 is 11.6 Å². The van der Waals surface area contributed by atoms with E-state index in [0.29, 0.717) is 5.15 Å². The average Bonchev–Trinajstić information content (AvgIpc) is 2.45. The van der Waals surface area contributed by atoms with E-state index >= 15 is 0 Å². The van der Waals surface area contributed by atoms with Crippen LogP contribution in [0.2, 0.25) is 5.15 Å². The summed E-state index contributed by atoms with van der Waals surface area (Å²) in [5.74, 6) is 1.02. The molecule has 4 heteroatoms. The van der Waals surface area contributed by atoms with E-state index in [1.807, 2.05) is 13.1 Å². The highest BCUT2D eigenvalue weighted by Gasteiger charge is 2.22. The Labute approximate surface area is 94.1 Å². The van der Waals surface area contributed by atoms with Gasteiger partial charge in [0.25, 0.3) is 0 Å². The fraction of sp³-hybridized carbons (Fsp3) is 0.455. The molecule has 15 heavy (non-hydrogen) atoms. The molecule has 0 saturated heterocycles. The number of nitrogens with zero attached hydrogens (tertiary/aromatic N) is 3. The van der Waals surface area contributed by atoms with Crippen molar-refractivity contribution >= 4 is 22.6 Å². The zero-order valence-corrected chi connectivity index (χ0v) is 10.1. The van der Waals surface area contributed by atoms with E-state index in [0.717, 1.165) is 16.9 Å². The van der Waals surface area contributed by atoms with Crippen LogP contribution in [0.25, 0.3) is 11.0 Å². The van der Waals surface area contributed by atoms with Crippen LogP contribution in [0, 0.1) is 0 Å². The molecule has 0 aliphatic heterocycles. The molecule has 2 aromatic heterocycles. The van der Waals surface area contributed by atoms with Crippen LogP contribution in [-0.4, -0.2) is 14.5 Å². The molecule has 0 radical (unpaired) electrons. The topological polar surface area (TPSA) is 30.7 Å². The molecule has 0 N–H and O–H groups in total. The van der Waals surface area contributed by atoms with E-state index < -0.39 is 0 Å². The molecule has 0 unspecified atom stereocenters. The van der Waals surface area contributed by atoms with Crippen LogP contribution < -0.4 is 0 Å². The second-order valence-corrected chi connectivity index (χ2v) is 5.07. The third-order valence-corrected chi connectivity index (χ3v) is 2.70. The molecule has 0 atom stereocenters. The first-order valence-electron chi connectivity index (χ1n) is 4.88. The largest absolute Gasteiger partial charge is 0.331 e. The SMILES string of the molecule is Cn1c(C(C)(C)C)nc2c(Cl)nccc21. The number of rotatable bonds is 0. The Kier molecular flexibility index (Phi) is 2.23. The van der Waals surface area contributed by atoms with Gasteiger partial charge in [0, 0.05) is 18.7 Å². The lowest BCUT2D eigenvalue weighted by atomic mass is 9.96. The Morgan fingerprint density at radius 3 is 2.53 bits per heavy atom. The van der Waals surface area contributed by atoms with E-state index in [1.165, 1.54) is 0 Å². The van der Waals surface area contributed by atoms with Crippen LogP contribution in [0.15, 0.2) is 12.3 Å². The van der Waals surface area contributed by atoms with Crippen molar-refractivity contribution < 1.29 is 0 Å². The molecule has 0 fully saturated rings. The normalized spacial score (nSPS) is 12.3. The van der Waals surface area contributed by atoms with Gasteiger partial charge in [0.05, 0.1) is 5.52 Å². The van der Waals surface area contributed by atoms with Crippen molar-refractivity contribution in [3.05, 3.63) is 23.2 Å². The molecule has 2 rings (SSSR count). The van der Waals surface area contributed by atoms with Gasteiger partial charge in [-0.15, -0.1) is 0 Å². The minimum Gasteiger partial charge on any atom is -0.331 e. The number of pyridine rings is 1. The molecule has 0 spiro atoms. The van der Waals surface area contributed by atoms with Gasteiger partial charge in [-0.25, -0.2) is 9.97 Å². The second-order valence-electron chi connectivity index (χ2n) is 4.71. The molecule has 2 heterocycles. The smallest absolute Gasteiger partial charge is 0.156 e. The van der Waals surface area contributed by atoms with Crippen molar-refractivity contribution in [2.75, 3.05) is 0 Å². The van der Waals surface area contributed by atoms with E-state index in [1.54, 1.807) is 6.20 Å². The molecular formula is C11H14ClN3. The summed E-state index contributed by atoms with van der Waals surface area (Å²) in [5, 5.41) is 0.471. The van der Waals surface area contributed by atoms with E-state index in [2.05, 4.69) is 35.3 Å². The maximum atomic E-state index is 6.01. The van der Waals surface area contributed by atoms with Crippen molar-refractivity contribution in [3.8, 4) is 0 Å². The fourth-order valence-electron chi connectivity index (χ4n) is 1.76. The monoisotopic (exact) mass is 223 g/mol. The minimum atomic E-state index is 0.0110. The van der Waals surface area contributed by atoms with Crippen molar-refractivity contribution in [2.45, 2.75) is 26.2 Å². The molecule has 80 valence electrons. The van der Waals surface area contributed by atoms with Gasteiger partial charge in [-0.3, -0.25) is 0 Å². The number of halogens is 1. The van der Waals surface area contributed by atoms with Gasteiger partial charge in [-0.05, 0) is 6.07 Å². The minimum absolute atomic E-state index is 0.0110. The molecule has 0 saturated carbocycles. The van der Waals surface area contributed by atoms with Crippen LogP contribution in [-0.2, 0) is 12.5 Å². The van der Waals surface area contributed by atoms with E-state index in [9.17, 15) is 0 Å². The Bertz CT molecular complexity index is 508. The number of hydrogen-bond acceptors (Lipinski definition) is 2. The standard InChI is InChI=1S/C11H14ClN3/c1-11(2,3)10-14-8-7(15(10)4)5-6-13-9(8)12/h5-6H,1-4H3. The van der Waals surface area contributed by atoms with Gasteiger partial charge in [-0.1, -0.05) is 32.4 Å². The summed E-state index contributed by atoms with van der Waals surface area (Å²) in [7, 11) is 2.01. The van der Waals surface area contributed by atoms with Crippen LogP contribution in [0.1, 0.15) is 26.6 Å². The van der Waals surface area contributed by atoms with Crippen LogP contribution in [0.4, 0.5) is 0 Å². The summed E-state index contributed by atoms with van der Waals surface area (Å²) in [6.45, 7) is 6.40. The summed E-state index contributed by atoms with van der Waals surface area (Å²) in [4.78, 5) is 8.58. The zero-order chi connectivity index (χ0) is 11.2. The van der Waals surface area contributed by atoms with E-state index in [-0.39, 0.29) is 5.41 Å². The first kappa shape index (κ1) is 10.4. The molecule has 3 nitrogen and oxygen atoms in total. The van der Waals surface area contributed by atoms with Gasteiger partial charge in [0.2, 0.25) is 0 Å². The lowest BCUT2D eigenvalue weighted by Gasteiger charge is -2.17. The molecule has 0 bridgehead atoms. The third kappa shape index (κ3) is 1.61. The van der Waals surface area contributed by atoms with Crippen molar-refractivity contribution in [2.24, 2.45) is 7.05 Å². The van der Waals surface area contributed by atoms with Crippen molar-refractivity contribution in [1.29, 1.82) is 0 Å². The molecule has 0 aromatic carbocycles. The predicted molar refractivity (Wildman–Crippen MR) is 62.2 cm³/mol. The quantitative estimate of drug-likeness (QED) is 0.643. The summed E-state index contributed by atoms with van der Waals surface area (Å²) in [6.07, 6.45) is 1.71. The Morgan fingerprint density at radius 2 is 2.00 bits per heavy atom. The lowest BCUT2D eigenvalue weighted by Crippen LogP contribution is -2.17. The Balaban J connectivity index is 2.81. The van der Waals surface area contributed by atoms with E-state index in [4.69, 9.17) is 11.6 Å². The number of fused-ring (bicyclic) bond motifs is 1. The molecular weight excluding hydrogens is 210 g/mol. The predicted octanol–water partition coefficient (Wildman–Crippen LogP) is 2.92. The first-order valence-corrected chi connectivity index (χ1v) is 5.26. The number of imidazole rings is 1. The van der Waals surface area contributed by atoms with Gasteiger partial charge < -0.3 is 4.57 Å². The number of hydrogen-bond donors (Lipinski definition) is 0. The second kappa shape index (κ2) is 3.20. The lowest BCUT2D eigenvalue weighted by molar-refractivity contribution is 0.527. The first-order chi connectivity index (χ1) is 6.91. The molecule has 0 aliphatic carbocycles. The van der Waals surface area contributed by atoms with Gasteiger partial charge in [-0.2, -0.15) is 0 Å². The Morgan fingerprint density at radius 1 is 1.33 bits per heavy atom. The maximum Gasteiger partial charge on any atom is 0.156 e. The Hall–Kier alpha value is -1.09. The van der Waals surface area contributed by atoms with Crippen LogP contribution in [0.5, 0.6) is 0 Å². The van der Waals surface area contributed by atoms with Crippen LogP contribution in [0.3, 0.4) is 0 Å². The molecule has 0 amide bonds. The third-order valence-electron chi connectivity index (χ3n) is 2.43. The number of aryl methyl sites for hydroxylation is 1. The highest BCUT2D eigenvalue weighted by Crippen LogP contribution is 2.27. The van der Waals surface area contributed by atoms with Gasteiger partial charge >= 0.3 is 0 Å². The van der Waals surface area contributed by atoms with Gasteiger partial charge in [0.15, 0.2) is 5.15 Å². The molecule has 0 aliphatic rings. The summed E-state index contributed by atoms with van der Waals surface area (Å²) in [6, 6.07) is 1.93. The average molecular weight is 224 g/mol. The summed E-state index contributed by atoms with van der Waals surface area (Å²) >= 11 is 6.01. The highest BCUT2D eigenvalue weighted by molar-refractivity contribution is 6.33. The van der Waals surface area contributed by atoms with Crippen molar-refractivity contribution in [1.82, 2.24) is 14.5 Å². The maximum absolute atomic E-state index is 6.01. The fourth-order valence-corrected chi connectivity index (χ4v) is 1.95. The highest BCUT2D eigenvalue weighted by atomic mass is 35.5. The zero-order valence-electron chi connectivity index (χ0n) is 9.37. The van der Waals surface area contributed by atoms with Crippen molar-refractivity contribution in [3.63, 3.8) is 0 Å². The number of aromatic nitrogens is 3. The summed E-state index contributed by atoms with van der Waals surface area (Å²) in [5.41, 5.74) is 1.82. The van der Waals surface area contributed by atoms with Gasteiger partial charge in [0.1, 0.15) is 11.3 Å². The summed E-state index contributed by atoms with van der Waals surface area (Å²) < 4.78 is 2.07. The molecule has 2 aromatic rings.